The number of halogens is 1. The van der Waals surface area contributed by atoms with Crippen LogP contribution < -0.4 is 4.90 Å². The van der Waals surface area contributed by atoms with Gasteiger partial charge in [-0.05, 0) is 55.6 Å². The SMILES string of the molecule is Cl.O=C(O)[C@@H]1CCCN(CCCN2c3ccccc3-c3ccccc3-c3ccccc32)C1. The van der Waals surface area contributed by atoms with Gasteiger partial charge in [-0.25, -0.2) is 0 Å². The summed E-state index contributed by atoms with van der Waals surface area (Å²) >= 11 is 0. The molecule has 3 aromatic carbocycles. The molecule has 0 aromatic heterocycles. The van der Waals surface area contributed by atoms with Crippen LogP contribution in [-0.2, 0) is 4.79 Å². The molecule has 1 N–H and O–H groups in total. The fourth-order valence-electron chi connectivity index (χ4n) is 5.11. The molecule has 166 valence electrons. The molecule has 5 heteroatoms. The first-order valence-corrected chi connectivity index (χ1v) is 11.2. The highest BCUT2D eigenvalue weighted by Gasteiger charge is 2.26. The molecule has 3 aromatic rings. The Labute approximate surface area is 195 Å². The van der Waals surface area contributed by atoms with Gasteiger partial charge in [-0.15, -0.1) is 12.4 Å². The van der Waals surface area contributed by atoms with Crippen LogP contribution in [0, 0.1) is 5.92 Å². The quantitative estimate of drug-likeness (QED) is 0.513. The van der Waals surface area contributed by atoms with Gasteiger partial charge in [0.1, 0.15) is 0 Å². The molecule has 32 heavy (non-hydrogen) atoms. The second-order valence-electron chi connectivity index (χ2n) is 8.56. The largest absolute Gasteiger partial charge is 0.481 e. The molecule has 0 saturated carbocycles. The van der Waals surface area contributed by atoms with E-state index in [0.29, 0.717) is 6.54 Å². The molecule has 2 aliphatic heterocycles. The zero-order valence-electron chi connectivity index (χ0n) is 18.1. The Bertz CT molecular complexity index is 1030. The molecule has 0 aliphatic carbocycles. The van der Waals surface area contributed by atoms with Crippen molar-refractivity contribution in [2.24, 2.45) is 5.92 Å². The Balaban J connectivity index is 0.00000245. The lowest BCUT2D eigenvalue weighted by atomic mass is 9.95. The second-order valence-corrected chi connectivity index (χ2v) is 8.56. The summed E-state index contributed by atoms with van der Waals surface area (Å²) in [6, 6.07) is 26.0. The smallest absolute Gasteiger partial charge is 0.307 e. The number of benzene rings is 3. The predicted octanol–water partition coefficient (Wildman–Crippen LogP) is 6.08. The van der Waals surface area contributed by atoms with E-state index < -0.39 is 5.97 Å². The lowest BCUT2D eigenvalue weighted by Crippen LogP contribution is -2.39. The van der Waals surface area contributed by atoms with Gasteiger partial charge >= 0.3 is 5.97 Å². The maximum atomic E-state index is 11.4. The highest BCUT2D eigenvalue weighted by molar-refractivity contribution is 5.99. The summed E-state index contributed by atoms with van der Waals surface area (Å²) < 4.78 is 0. The third-order valence-electron chi connectivity index (χ3n) is 6.61. The lowest BCUT2D eigenvalue weighted by molar-refractivity contribution is -0.143. The molecule has 4 nitrogen and oxygen atoms in total. The number of carbonyl (C=O) groups is 1. The van der Waals surface area contributed by atoms with E-state index in [1.54, 1.807) is 0 Å². The van der Waals surface area contributed by atoms with Crippen LogP contribution in [0.5, 0.6) is 0 Å². The number of rotatable bonds is 5. The highest BCUT2D eigenvalue weighted by atomic mass is 35.5. The third-order valence-corrected chi connectivity index (χ3v) is 6.61. The number of aliphatic carboxylic acids is 1. The van der Waals surface area contributed by atoms with Crippen molar-refractivity contribution in [3.63, 3.8) is 0 Å². The number of nitrogens with zero attached hydrogens (tertiary/aromatic N) is 2. The van der Waals surface area contributed by atoms with Crippen molar-refractivity contribution in [2.75, 3.05) is 31.1 Å². The minimum Gasteiger partial charge on any atom is -0.481 e. The molecular weight excluding hydrogens is 420 g/mol. The minimum absolute atomic E-state index is 0. The van der Waals surface area contributed by atoms with Gasteiger partial charge in [-0.2, -0.15) is 0 Å². The number of likely N-dealkylation sites (tertiary alicyclic amines) is 1. The maximum Gasteiger partial charge on any atom is 0.307 e. The molecule has 1 fully saturated rings. The Morgan fingerprint density at radius 2 is 1.34 bits per heavy atom. The number of hydrogen-bond acceptors (Lipinski definition) is 3. The summed E-state index contributed by atoms with van der Waals surface area (Å²) in [6.45, 7) is 3.50. The number of piperidine rings is 1. The van der Waals surface area contributed by atoms with Crippen LogP contribution in [0.15, 0.2) is 72.8 Å². The molecule has 0 unspecified atom stereocenters. The van der Waals surface area contributed by atoms with Crippen molar-refractivity contribution in [3.8, 4) is 22.3 Å². The van der Waals surface area contributed by atoms with Gasteiger partial charge in [-0.3, -0.25) is 4.79 Å². The molecule has 0 bridgehead atoms. The van der Waals surface area contributed by atoms with Gasteiger partial charge in [0, 0.05) is 35.6 Å². The van der Waals surface area contributed by atoms with E-state index in [0.717, 1.165) is 38.9 Å². The Morgan fingerprint density at radius 1 is 0.812 bits per heavy atom. The first-order valence-electron chi connectivity index (χ1n) is 11.2. The predicted molar refractivity (Wildman–Crippen MR) is 133 cm³/mol. The van der Waals surface area contributed by atoms with Gasteiger partial charge in [-0.1, -0.05) is 60.7 Å². The minimum atomic E-state index is -0.655. The number of anilines is 2. The molecule has 0 amide bonds. The third kappa shape index (κ3) is 4.25. The Morgan fingerprint density at radius 3 is 1.91 bits per heavy atom. The standard InChI is InChI=1S/C27H28N2O2.ClH/c30-27(31)20-9-7-16-28(19-20)17-8-18-29-25-14-5-3-12-23(25)21-10-1-2-11-22(21)24-13-4-6-15-26(24)29;/h1-6,10-15,20H,7-9,16-19H2,(H,30,31);1H/t20-;/m1./s1. The first kappa shape index (κ1) is 22.4. The number of carboxylic acid groups (broad SMARTS) is 1. The van der Waals surface area contributed by atoms with Crippen LogP contribution in [-0.4, -0.2) is 42.2 Å². The molecule has 2 heterocycles. The lowest BCUT2D eigenvalue weighted by Gasteiger charge is -2.32. The van der Waals surface area contributed by atoms with E-state index >= 15 is 0 Å². The molecule has 1 atom stereocenters. The average molecular weight is 449 g/mol. The zero-order valence-corrected chi connectivity index (χ0v) is 18.9. The van der Waals surface area contributed by atoms with Gasteiger partial charge in [0.25, 0.3) is 0 Å². The Hall–Kier alpha value is -2.82. The van der Waals surface area contributed by atoms with E-state index in [4.69, 9.17) is 0 Å². The van der Waals surface area contributed by atoms with Gasteiger partial charge in [0.05, 0.1) is 5.92 Å². The number of fused-ring (bicyclic) bond motifs is 5. The van der Waals surface area contributed by atoms with Crippen LogP contribution in [0.1, 0.15) is 19.3 Å². The van der Waals surface area contributed by atoms with Crippen LogP contribution in [0.3, 0.4) is 0 Å². The topological polar surface area (TPSA) is 43.8 Å². The fraction of sp³-hybridized carbons (Fsp3) is 0.296. The summed E-state index contributed by atoms with van der Waals surface area (Å²) in [6.07, 6.45) is 2.77. The number of hydrogen-bond donors (Lipinski definition) is 1. The van der Waals surface area contributed by atoms with Crippen molar-refractivity contribution < 1.29 is 9.90 Å². The normalized spacial score (nSPS) is 17.4. The molecule has 0 spiro atoms. The van der Waals surface area contributed by atoms with E-state index in [9.17, 15) is 9.90 Å². The number of para-hydroxylation sites is 2. The molecule has 2 aliphatic rings. The summed E-state index contributed by atoms with van der Waals surface area (Å²) in [5, 5.41) is 9.39. The maximum absolute atomic E-state index is 11.4. The van der Waals surface area contributed by atoms with Crippen LogP contribution in [0.25, 0.3) is 22.3 Å². The summed E-state index contributed by atoms with van der Waals surface area (Å²) in [7, 11) is 0. The first-order chi connectivity index (χ1) is 15.2. The van der Waals surface area contributed by atoms with Crippen molar-refractivity contribution >= 4 is 29.8 Å². The van der Waals surface area contributed by atoms with Crippen LogP contribution >= 0.6 is 12.4 Å². The summed E-state index contributed by atoms with van der Waals surface area (Å²) in [4.78, 5) is 16.2. The molecule has 5 rings (SSSR count). The Kier molecular flexibility index (Phi) is 6.83. The summed E-state index contributed by atoms with van der Waals surface area (Å²) in [5.41, 5.74) is 7.54. The number of carboxylic acids is 1. The van der Waals surface area contributed by atoms with E-state index in [-0.39, 0.29) is 18.3 Å². The molecule has 1 saturated heterocycles. The van der Waals surface area contributed by atoms with Crippen molar-refractivity contribution in [1.82, 2.24) is 4.90 Å². The van der Waals surface area contributed by atoms with Gasteiger partial charge in [0.2, 0.25) is 0 Å². The van der Waals surface area contributed by atoms with Crippen LogP contribution in [0.2, 0.25) is 0 Å². The summed E-state index contributed by atoms with van der Waals surface area (Å²) in [5.74, 6) is -0.874. The zero-order chi connectivity index (χ0) is 21.2. The highest BCUT2D eigenvalue weighted by Crippen LogP contribution is 2.47. The van der Waals surface area contributed by atoms with Gasteiger partial charge < -0.3 is 14.9 Å². The van der Waals surface area contributed by atoms with Gasteiger partial charge in [0.15, 0.2) is 0 Å². The second kappa shape index (κ2) is 9.76. The van der Waals surface area contributed by atoms with E-state index in [1.165, 1.54) is 33.6 Å². The average Bonchev–Trinajstić information content (AvgIpc) is 2.93. The van der Waals surface area contributed by atoms with Crippen molar-refractivity contribution in [1.29, 1.82) is 0 Å². The van der Waals surface area contributed by atoms with E-state index in [1.807, 2.05) is 0 Å². The van der Waals surface area contributed by atoms with Crippen molar-refractivity contribution in [2.45, 2.75) is 19.3 Å². The van der Waals surface area contributed by atoms with E-state index in [2.05, 4.69) is 82.6 Å². The van der Waals surface area contributed by atoms with Crippen molar-refractivity contribution in [3.05, 3.63) is 72.8 Å². The monoisotopic (exact) mass is 448 g/mol. The van der Waals surface area contributed by atoms with Crippen LogP contribution in [0.4, 0.5) is 11.4 Å². The molecular formula is C27H29ClN2O2. The molecule has 0 radical (unpaired) electrons. The fourth-order valence-corrected chi connectivity index (χ4v) is 5.11.